The standard InChI is InChI=1S/C20H22N4O5/c25-11-16(27)18(29)17(28)15(26)10-21-24-20-13-8-4-5-9-14(13)22-19(23-20)12-6-2-1-3-7-12/h1-10,15-18,25-29H,11H2,(H,22,23,24)/b21-10+/t15-,16+,17+,18+/m0/s1. The number of rotatable bonds is 8. The minimum absolute atomic E-state index is 0.392. The Bertz CT molecular complexity index is 970. The van der Waals surface area contributed by atoms with E-state index in [-0.39, 0.29) is 0 Å². The molecule has 9 nitrogen and oxygen atoms in total. The van der Waals surface area contributed by atoms with E-state index in [1.54, 1.807) is 0 Å². The van der Waals surface area contributed by atoms with Crippen molar-refractivity contribution >= 4 is 22.9 Å². The van der Waals surface area contributed by atoms with Crippen LogP contribution < -0.4 is 5.43 Å². The minimum Gasteiger partial charge on any atom is -0.394 e. The lowest BCUT2D eigenvalue weighted by molar-refractivity contribution is -0.0999. The topological polar surface area (TPSA) is 151 Å². The predicted octanol–water partition coefficient (Wildman–Crippen LogP) is 0.130. The highest BCUT2D eigenvalue weighted by Crippen LogP contribution is 2.24. The molecule has 3 aromatic rings. The average molecular weight is 398 g/mol. The number of hydrazone groups is 1. The summed E-state index contributed by atoms with van der Waals surface area (Å²) in [5, 5.41) is 52.2. The predicted molar refractivity (Wildman–Crippen MR) is 108 cm³/mol. The van der Waals surface area contributed by atoms with Gasteiger partial charge in [-0.1, -0.05) is 42.5 Å². The van der Waals surface area contributed by atoms with E-state index in [4.69, 9.17) is 5.11 Å². The van der Waals surface area contributed by atoms with Gasteiger partial charge in [0.2, 0.25) is 0 Å². The fourth-order valence-electron chi connectivity index (χ4n) is 2.68. The van der Waals surface area contributed by atoms with Gasteiger partial charge >= 0.3 is 0 Å². The SMILES string of the molecule is OC[C@@H](O)[C@@H](O)[C@H](O)[C@@H](O)/C=N/Nc1nc(-c2ccccc2)nc2ccccc12. The Morgan fingerprint density at radius 2 is 1.59 bits per heavy atom. The van der Waals surface area contributed by atoms with E-state index in [9.17, 15) is 20.4 Å². The third-order valence-electron chi connectivity index (χ3n) is 4.31. The molecule has 3 rings (SSSR count). The zero-order chi connectivity index (χ0) is 20.8. The number of aliphatic hydroxyl groups excluding tert-OH is 5. The van der Waals surface area contributed by atoms with E-state index in [0.29, 0.717) is 22.5 Å². The second-order valence-electron chi connectivity index (χ2n) is 6.39. The second-order valence-corrected chi connectivity index (χ2v) is 6.39. The lowest BCUT2D eigenvalue weighted by atomic mass is 10.0. The molecule has 0 fully saturated rings. The number of nitrogens with zero attached hydrogens (tertiary/aromatic N) is 3. The molecule has 6 N–H and O–H groups in total. The Morgan fingerprint density at radius 1 is 0.897 bits per heavy atom. The first-order valence-electron chi connectivity index (χ1n) is 8.95. The van der Waals surface area contributed by atoms with Crippen LogP contribution >= 0.6 is 0 Å². The molecule has 4 atom stereocenters. The van der Waals surface area contributed by atoms with Crippen LogP contribution in [0.5, 0.6) is 0 Å². The van der Waals surface area contributed by atoms with Crippen LogP contribution in [0.25, 0.3) is 22.3 Å². The highest BCUT2D eigenvalue weighted by atomic mass is 16.4. The normalized spacial score (nSPS) is 15.9. The Kier molecular flexibility index (Phi) is 6.81. The molecule has 0 radical (unpaired) electrons. The highest BCUT2D eigenvalue weighted by molar-refractivity contribution is 5.90. The van der Waals surface area contributed by atoms with Gasteiger partial charge in [0.05, 0.1) is 18.3 Å². The molecule has 0 aliphatic carbocycles. The maximum absolute atomic E-state index is 9.93. The molecule has 1 heterocycles. The third-order valence-corrected chi connectivity index (χ3v) is 4.31. The molecular weight excluding hydrogens is 376 g/mol. The highest BCUT2D eigenvalue weighted by Gasteiger charge is 2.29. The van der Waals surface area contributed by atoms with Gasteiger partial charge in [0, 0.05) is 10.9 Å². The summed E-state index contributed by atoms with van der Waals surface area (Å²) in [6, 6.07) is 16.7. The zero-order valence-corrected chi connectivity index (χ0v) is 15.4. The molecule has 0 saturated carbocycles. The quantitative estimate of drug-likeness (QED) is 0.231. The lowest BCUT2D eigenvalue weighted by Gasteiger charge is -2.23. The van der Waals surface area contributed by atoms with Gasteiger partial charge in [0.1, 0.15) is 24.4 Å². The summed E-state index contributed by atoms with van der Waals surface area (Å²) in [7, 11) is 0. The van der Waals surface area contributed by atoms with Crippen molar-refractivity contribution in [2.45, 2.75) is 24.4 Å². The minimum atomic E-state index is -1.73. The molecule has 29 heavy (non-hydrogen) atoms. The van der Waals surface area contributed by atoms with Crippen molar-refractivity contribution in [3.63, 3.8) is 0 Å². The Balaban J connectivity index is 1.83. The molecule has 0 amide bonds. The largest absolute Gasteiger partial charge is 0.394 e. The number of aliphatic hydroxyl groups is 5. The average Bonchev–Trinajstić information content (AvgIpc) is 2.77. The summed E-state index contributed by atoms with van der Waals surface area (Å²) in [4.78, 5) is 9.04. The molecule has 152 valence electrons. The van der Waals surface area contributed by atoms with Gasteiger partial charge in [-0.2, -0.15) is 5.10 Å². The van der Waals surface area contributed by atoms with Gasteiger partial charge in [-0.15, -0.1) is 0 Å². The molecule has 0 aliphatic rings. The van der Waals surface area contributed by atoms with Crippen LogP contribution in [0.15, 0.2) is 59.7 Å². The van der Waals surface area contributed by atoms with E-state index < -0.39 is 31.0 Å². The first-order chi connectivity index (χ1) is 14.0. The van der Waals surface area contributed by atoms with Crippen molar-refractivity contribution in [3.05, 3.63) is 54.6 Å². The molecule has 0 bridgehead atoms. The van der Waals surface area contributed by atoms with Crippen molar-refractivity contribution in [1.82, 2.24) is 9.97 Å². The van der Waals surface area contributed by atoms with Gasteiger partial charge in [0.15, 0.2) is 11.6 Å². The van der Waals surface area contributed by atoms with Crippen LogP contribution in [0.2, 0.25) is 0 Å². The number of anilines is 1. The monoisotopic (exact) mass is 398 g/mol. The van der Waals surface area contributed by atoms with Gasteiger partial charge in [-0.25, -0.2) is 9.97 Å². The van der Waals surface area contributed by atoms with Crippen LogP contribution in [0.1, 0.15) is 0 Å². The van der Waals surface area contributed by atoms with Crippen LogP contribution in [0, 0.1) is 0 Å². The van der Waals surface area contributed by atoms with E-state index >= 15 is 0 Å². The molecule has 0 spiro atoms. The Labute approximate surface area is 166 Å². The van der Waals surface area contributed by atoms with Crippen molar-refractivity contribution in [2.24, 2.45) is 5.10 Å². The maximum atomic E-state index is 9.93. The summed E-state index contributed by atoms with van der Waals surface area (Å²) in [6.07, 6.45) is -5.66. The van der Waals surface area contributed by atoms with Crippen molar-refractivity contribution < 1.29 is 25.5 Å². The van der Waals surface area contributed by atoms with E-state index in [2.05, 4.69) is 20.5 Å². The first-order valence-corrected chi connectivity index (χ1v) is 8.95. The fourth-order valence-corrected chi connectivity index (χ4v) is 2.68. The summed E-state index contributed by atoms with van der Waals surface area (Å²) < 4.78 is 0. The zero-order valence-electron chi connectivity index (χ0n) is 15.4. The molecule has 0 aliphatic heterocycles. The van der Waals surface area contributed by atoms with Gasteiger partial charge in [-0.3, -0.25) is 5.43 Å². The summed E-state index contributed by atoms with van der Waals surface area (Å²) in [5.41, 5.74) is 4.24. The van der Waals surface area contributed by atoms with Crippen LogP contribution in [0.3, 0.4) is 0 Å². The van der Waals surface area contributed by atoms with Gasteiger partial charge in [0.25, 0.3) is 0 Å². The number of benzene rings is 2. The van der Waals surface area contributed by atoms with Crippen molar-refractivity contribution in [2.75, 3.05) is 12.0 Å². The molecule has 0 unspecified atom stereocenters. The fraction of sp³-hybridized carbons (Fsp3) is 0.250. The lowest BCUT2D eigenvalue weighted by Crippen LogP contribution is -2.46. The second kappa shape index (κ2) is 9.50. The molecule has 0 saturated heterocycles. The Hall–Kier alpha value is -2.95. The number of fused-ring (bicyclic) bond motifs is 1. The van der Waals surface area contributed by atoms with Crippen LogP contribution in [0.4, 0.5) is 5.82 Å². The van der Waals surface area contributed by atoms with Gasteiger partial charge in [-0.05, 0) is 12.1 Å². The number of aromatic nitrogens is 2. The molecule has 1 aromatic heterocycles. The van der Waals surface area contributed by atoms with E-state index in [1.807, 2.05) is 54.6 Å². The van der Waals surface area contributed by atoms with E-state index in [0.717, 1.165) is 11.8 Å². The number of para-hydroxylation sites is 1. The summed E-state index contributed by atoms with van der Waals surface area (Å²) in [6.45, 7) is -0.754. The number of nitrogens with one attached hydrogen (secondary N) is 1. The molecule has 2 aromatic carbocycles. The van der Waals surface area contributed by atoms with Gasteiger partial charge < -0.3 is 25.5 Å². The summed E-state index contributed by atoms with van der Waals surface area (Å²) >= 11 is 0. The number of hydrogen-bond acceptors (Lipinski definition) is 9. The first kappa shape index (κ1) is 20.8. The summed E-state index contributed by atoms with van der Waals surface area (Å²) in [5.74, 6) is 0.882. The Morgan fingerprint density at radius 3 is 2.31 bits per heavy atom. The van der Waals surface area contributed by atoms with E-state index in [1.165, 1.54) is 0 Å². The van der Waals surface area contributed by atoms with Crippen LogP contribution in [-0.2, 0) is 0 Å². The third kappa shape index (κ3) is 4.91. The maximum Gasteiger partial charge on any atom is 0.162 e. The number of hydrogen-bond donors (Lipinski definition) is 6. The smallest absolute Gasteiger partial charge is 0.162 e. The molecule has 9 heteroatoms. The van der Waals surface area contributed by atoms with Crippen molar-refractivity contribution in [3.8, 4) is 11.4 Å². The van der Waals surface area contributed by atoms with Crippen LogP contribution in [-0.4, -0.2) is 72.7 Å². The van der Waals surface area contributed by atoms with Crippen molar-refractivity contribution in [1.29, 1.82) is 0 Å². The molecular formula is C20H22N4O5.